The highest BCUT2D eigenvalue weighted by molar-refractivity contribution is 5.47. The third-order valence-electron chi connectivity index (χ3n) is 2.89. The van der Waals surface area contributed by atoms with Crippen molar-refractivity contribution in [3.05, 3.63) is 30.6 Å². The van der Waals surface area contributed by atoms with Gasteiger partial charge < -0.3 is 15.2 Å². The van der Waals surface area contributed by atoms with E-state index in [4.69, 9.17) is 0 Å². The van der Waals surface area contributed by atoms with E-state index in [1.165, 1.54) is 0 Å². The van der Waals surface area contributed by atoms with Crippen molar-refractivity contribution in [3.8, 4) is 0 Å². The van der Waals surface area contributed by atoms with E-state index in [0.29, 0.717) is 0 Å². The van der Waals surface area contributed by atoms with Crippen LogP contribution in [0.3, 0.4) is 0 Å². The Balaban J connectivity index is 2.06. The zero-order valence-electron chi connectivity index (χ0n) is 12.5. The summed E-state index contributed by atoms with van der Waals surface area (Å²) in [6.07, 6.45) is 5.53. The molecular formula is C14H22N6. The lowest BCUT2D eigenvalue weighted by atomic mass is 9.96. The molecule has 0 amide bonds. The largest absolute Gasteiger partial charge is 0.373 e. The Morgan fingerprint density at radius 3 is 2.55 bits per heavy atom. The van der Waals surface area contributed by atoms with E-state index in [9.17, 15) is 0 Å². The molecule has 0 aliphatic rings. The van der Waals surface area contributed by atoms with Crippen molar-refractivity contribution >= 4 is 11.6 Å². The van der Waals surface area contributed by atoms with Gasteiger partial charge in [0, 0.05) is 44.0 Å². The molecular weight excluding hydrogens is 252 g/mol. The van der Waals surface area contributed by atoms with E-state index < -0.39 is 0 Å². The van der Waals surface area contributed by atoms with Gasteiger partial charge in [-0.2, -0.15) is 0 Å². The maximum absolute atomic E-state index is 4.58. The third kappa shape index (κ3) is 3.69. The minimum absolute atomic E-state index is 0.0758. The number of aromatic nitrogens is 4. The molecule has 0 saturated carbocycles. The molecule has 0 unspecified atom stereocenters. The molecule has 2 aromatic rings. The Hall–Kier alpha value is -2.11. The fraction of sp³-hybridized carbons (Fsp3) is 0.500. The van der Waals surface area contributed by atoms with Crippen molar-refractivity contribution < 1.29 is 0 Å². The smallest absolute Gasteiger partial charge is 0.138 e. The van der Waals surface area contributed by atoms with E-state index in [1.54, 1.807) is 12.5 Å². The predicted octanol–water partition coefficient (Wildman–Crippen LogP) is 2.12. The number of nitrogens with zero attached hydrogens (tertiary/aromatic N) is 4. The quantitative estimate of drug-likeness (QED) is 0.874. The fourth-order valence-corrected chi connectivity index (χ4v) is 1.73. The summed E-state index contributed by atoms with van der Waals surface area (Å²) in [6, 6.07) is 1.92. The Labute approximate surface area is 119 Å². The highest BCUT2D eigenvalue weighted by Gasteiger charge is 2.18. The van der Waals surface area contributed by atoms with Crippen LogP contribution in [0.4, 0.5) is 11.6 Å². The topological polar surface area (TPSA) is 67.7 Å². The van der Waals surface area contributed by atoms with Crippen molar-refractivity contribution in [2.24, 2.45) is 0 Å². The second kappa shape index (κ2) is 5.90. The molecule has 0 aromatic carbocycles. The van der Waals surface area contributed by atoms with Crippen LogP contribution < -0.4 is 10.6 Å². The molecule has 20 heavy (non-hydrogen) atoms. The fourth-order valence-electron chi connectivity index (χ4n) is 1.73. The molecule has 2 N–H and O–H groups in total. The number of anilines is 2. The standard InChI is InChI=1S/C14H22N6/c1-14(2,3)13-18-11(15-4)9-12(19-13)17-6-8-20-7-5-16-10-20/h5,7,9-10H,6,8H2,1-4H3,(H2,15,17,18,19). The summed E-state index contributed by atoms with van der Waals surface area (Å²) < 4.78 is 2.03. The number of nitrogens with one attached hydrogen (secondary N) is 2. The van der Waals surface area contributed by atoms with Gasteiger partial charge in [-0.15, -0.1) is 0 Å². The van der Waals surface area contributed by atoms with Crippen molar-refractivity contribution in [3.63, 3.8) is 0 Å². The van der Waals surface area contributed by atoms with Crippen LogP contribution in [0.25, 0.3) is 0 Å². The molecule has 6 heteroatoms. The van der Waals surface area contributed by atoms with Gasteiger partial charge in [0.2, 0.25) is 0 Å². The first-order valence-electron chi connectivity index (χ1n) is 6.76. The van der Waals surface area contributed by atoms with Crippen LogP contribution >= 0.6 is 0 Å². The summed E-state index contributed by atoms with van der Waals surface area (Å²) in [5.41, 5.74) is -0.0758. The maximum Gasteiger partial charge on any atom is 0.138 e. The van der Waals surface area contributed by atoms with Crippen LogP contribution in [0.5, 0.6) is 0 Å². The van der Waals surface area contributed by atoms with Gasteiger partial charge in [-0.3, -0.25) is 0 Å². The van der Waals surface area contributed by atoms with Crippen molar-refractivity contribution in [1.29, 1.82) is 0 Å². The Morgan fingerprint density at radius 2 is 1.95 bits per heavy atom. The Morgan fingerprint density at radius 1 is 1.20 bits per heavy atom. The Kier molecular flexibility index (Phi) is 4.22. The van der Waals surface area contributed by atoms with Crippen molar-refractivity contribution in [2.75, 3.05) is 24.2 Å². The summed E-state index contributed by atoms with van der Waals surface area (Å²) in [5, 5.41) is 6.41. The first-order chi connectivity index (χ1) is 9.49. The van der Waals surface area contributed by atoms with Gasteiger partial charge in [-0.25, -0.2) is 15.0 Å². The zero-order valence-corrected chi connectivity index (χ0v) is 12.5. The molecule has 2 aromatic heterocycles. The number of imidazole rings is 1. The van der Waals surface area contributed by atoms with Gasteiger partial charge in [0.25, 0.3) is 0 Å². The van der Waals surface area contributed by atoms with Gasteiger partial charge in [0.1, 0.15) is 17.5 Å². The Bertz CT molecular complexity index is 541. The monoisotopic (exact) mass is 274 g/mol. The summed E-state index contributed by atoms with van der Waals surface area (Å²) in [4.78, 5) is 13.1. The lowest BCUT2D eigenvalue weighted by Gasteiger charge is -2.19. The molecule has 2 heterocycles. The highest BCUT2D eigenvalue weighted by Crippen LogP contribution is 2.21. The molecule has 6 nitrogen and oxygen atoms in total. The van der Waals surface area contributed by atoms with Crippen LogP contribution in [0.1, 0.15) is 26.6 Å². The number of hydrogen-bond donors (Lipinski definition) is 2. The summed E-state index contributed by atoms with van der Waals surface area (Å²) in [7, 11) is 1.87. The van der Waals surface area contributed by atoms with Crippen LogP contribution in [-0.4, -0.2) is 33.1 Å². The lowest BCUT2D eigenvalue weighted by Crippen LogP contribution is -2.19. The first-order valence-corrected chi connectivity index (χ1v) is 6.76. The SMILES string of the molecule is CNc1cc(NCCn2ccnc2)nc(C(C)(C)C)n1. The molecule has 0 atom stereocenters. The average Bonchev–Trinajstić information content (AvgIpc) is 2.90. The minimum Gasteiger partial charge on any atom is -0.373 e. The minimum atomic E-state index is -0.0758. The molecule has 0 fully saturated rings. The zero-order chi connectivity index (χ0) is 14.6. The summed E-state index contributed by atoms with van der Waals surface area (Å²) in [6.45, 7) is 7.97. The van der Waals surface area contributed by atoms with E-state index in [1.807, 2.05) is 23.9 Å². The van der Waals surface area contributed by atoms with Gasteiger partial charge in [0.15, 0.2) is 0 Å². The number of rotatable bonds is 5. The van der Waals surface area contributed by atoms with Gasteiger partial charge in [-0.05, 0) is 0 Å². The predicted molar refractivity (Wildman–Crippen MR) is 81.0 cm³/mol. The van der Waals surface area contributed by atoms with E-state index in [2.05, 4.69) is 46.4 Å². The van der Waals surface area contributed by atoms with Gasteiger partial charge in [0.05, 0.1) is 6.33 Å². The van der Waals surface area contributed by atoms with Crippen LogP contribution in [0, 0.1) is 0 Å². The second-order valence-electron chi connectivity index (χ2n) is 5.69. The van der Waals surface area contributed by atoms with Crippen LogP contribution in [0.15, 0.2) is 24.8 Å². The summed E-state index contributed by atoms with van der Waals surface area (Å²) in [5.74, 6) is 2.50. The van der Waals surface area contributed by atoms with Crippen molar-refractivity contribution in [1.82, 2.24) is 19.5 Å². The molecule has 2 rings (SSSR count). The third-order valence-corrected chi connectivity index (χ3v) is 2.89. The maximum atomic E-state index is 4.58. The average molecular weight is 274 g/mol. The normalized spacial score (nSPS) is 11.4. The highest BCUT2D eigenvalue weighted by atomic mass is 15.1. The molecule has 0 saturated heterocycles. The second-order valence-corrected chi connectivity index (χ2v) is 5.69. The molecule has 0 aliphatic carbocycles. The van der Waals surface area contributed by atoms with Gasteiger partial charge in [-0.1, -0.05) is 20.8 Å². The van der Waals surface area contributed by atoms with Crippen LogP contribution in [0.2, 0.25) is 0 Å². The van der Waals surface area contributed by atoms with E-state index >= 15 is 0 Å². The van der Waals surface area contributed by atoms with Gasteiger partial charge >= 0.3 is 0 Å². The molecule has 0 spiro atoms. The molecule has 0 radical (unpaired) electrons. The molecule has 108 valence electrons. The number of hydrogen-bond acceptors (Lipinski definition) is 5. The molecule has 0 aliphatic heterocycles. The van der Waals surface area contributed by atoms with E-state index in [0.717, 1.165) is 30.5 Å². The molecule has 0 bridgehead atoms. The summed E-state index contributed by atoms with van der Waals surface area (Å²) >= 11 is 0. The first kappa shape index (κ1) is 14.3. The lowest BCUT2D eigenvalue weighted by molar-refractivity contribution is 0.546. The van der Waals surface area contributed by atoms with Crippen LogP contribution in [-0.2, 0) is 12.0 Å². The van der Waals surface area contributed by atoms with E-state index in [-0.39, 0.29) is 5.41 Å². The van der Waals surface area contributed by atoms with Crippen molar-refractivity contribution in [2.45, 2.75) is 32.7 Å².